The third-order valence-corrected chi connectivity index (χ3v) is 6.72. The lowest BCUT2D eigenvalue weighted by atomic mass is 9.95. The van der Waals surface area contributed by atoms with Crippen LogP contribution in [0.4, 0.5) is 0 Å². The number of thiophene rings is 1. The molecule has 0 radical (unpaired) electrons. The zero-order valence-corrected chi connectivity index (χ0v) is 18.9. The highest BCUT2D eigenvalue weighted by Crippen LogP contribution is 2.27. The van der Waals surface area contributed by atoms with E-state index in [1.807, 2.05) is 41.3 Å². The summed E-state index contributed by atoms with van der Waals surface area (Å²) in [6.07, 6.45) is 3.52. The number of H-pyrrole nitrogens is 1. The van der Waals surface area contributed by atoms with E-state index < -0.39 is 6.04 Å². The molecule has 1 saturated heterocycles. The first kappa shape index (κ1) is 21.7. The van der Waals surface area contributed by atoms with Crippen molar-refractivity contribution in [1.29, 1.82) is 0 Å². The molecule has 0 aromatic carbocycles. The molecule has 0 bridgehead atoms. The van der Waals surface area contributed by atoms with E-state index in [2.05, 4.69) is 17.1 Å². The third-order valence-electron chi connectivity index (χ3n) is 5.57. The third kappa shape index (κ3) is 4.78. The molecule has 0 spiro atoms. The fourth-order valence-corrected chi connectivity index (χ4v) is 4.78. The summed E-state index contributed by atoms with van der Waals surface area (Å²) in [6.45, 7) is 5.98. The van der Waals surface area contributed by atoms with Crippen LogP contribution in [0, 0.1) is 10.7 Å². The van der Waals surface area contributed by atoms with Gasteiger partial charge in [0.15, 0.2) is 10.6 Å². The molecule has 1 aliphatic rings. The Labute approximate surface area is 180 Å². The minimum Gasteiger partial charge on any atom is -0.346 e. The number of hydrogen-bond acceptors (Lipinski definition) is 5. The summed E-state index contributed by atoms with van der Waals surface area (Å²) in [5, 5.41) is 9.11. The monoisotopic (exact) mass is 435 g/mol. The Kier molecular flexibility index (Phi) is 7.23. The molecule has 1 atom stereocenters. The largest absolute Gasteiger partial charge is 0.346 e. The Balaban J connectivity index is 1.64. The molecule has 3 rings (SSSR count). The van der Waals surface area contributed by atoms with Gasteiger partial charge in [0.25, 0.3) is 0 Å². The fourth-order valence-electron chi connectivity index (χ4n) is 3.78. The molecule has 7 nitrogen and oxygen atoms in total. The zero-order chi connectivity index (χ0) is 21.0. The van der Waals surface area contributed by atoms with Crippen molar-refractivity contribution in [2.24, 2.45) is 5.92 Å². The highest BCUT2D eigenvalue weighted by molar-refractivity contribution is 7.71. The average molecular weight is 436 g/mol. The van der Waals surface area contributed by atoms with E-state index in [0.717, 1.165) is 24.3 Å². The molecule has 2 amide bonds. The van der Waals surface area contributed by atoms with E-state index in [0.29, 0.717) is 36.5 Å². The topological polar surface area (TPSA) is 74.2 Å². The van der Waals surface area contributed by atoms with Gasteiger partial charge in [0.2, 0.25) is 11.8 Å². The quantitative estimate of drug-likeness (QED) is 0.673. The number of carbonyl (C=O) groups is 2. The number of carbonyl (C=O) groups excluding carboxylic acids is 2. The summed E-state index contributed by atoms with van der Waals surface area (Å²) in [7, 11) is 1.88. The molecule has 29 heavy (non-hydrogen) atoms. The maximum atomic E-state index is 13.1. The van der Waals surface area contributed by atoms with Crippen molar-refractivity contribution in [3.05, 3.63) is 22.3 Å². The number of rotatable bonds is 7. The van der Waals surface area contributed by atoms with Gasteiger partial charge in [0, 0.05) is 32.6 Å². The van der Waals surface area contributed by atoms with Crippen LogP contribution in [0.1, 0.15) is 45.6 Å². The molecular weight excluding hydrogens is 406 g/mol. The molecule has 9 heteroatoms. The van der Waals surface area contributed by atoms with Gasteiger partial charge >= 0.3 is 0 Å². The number of nitrogens with zero attached hydrogens (tertiary/aromatic N) is 4. The van der Waals surface area contributed by atoms with Crippen LogP contribution < -0.4 is 0 Å². The van der Waals surface area contributed by atoms with Crippen LogP contribution in [0.2, 0.25) is 0 Å². The predicted octanol–water partition coefficient (Wildman–Crippen LogP) is 3.73. The number of nitrogens with one attached hydrogen (secondary N) is 1. The second-order valence-electron chi connectivity index (χ2n) is 7.59. The Bertz CT molecular complexity index is 881. The highest BCUT2D eigenvalue weighted by Gasteiger charge is 2.32. The van der Waals surface area contributed by atoms with Crippen molar-refractivity contribution in [3.8, 4) is 10.7 Å². The standard InChI is InChI=1S/C20H29N5O2S2/c1-4-5-10-23(3)19(27)15-8-11-24(12-9-15)18(26)14(2)25-17(21-22-20(25)28)16-7-6-13-29-16/h6-7,13-15H,4-5,8-12H2,1-3H3,(H,22,28). The van der Waals surface area contributed by atoms with Gasteiger partial charge < -0.3 is 9.80 Å². The first-order chi connectivity index (χ1) is 13.9. The van der Waals surface area contributed by atoms with Gasteiger partial charge in [-0.1, -0.05) is 19.4 Å². The lowest BCUT2D eigenvalue weighted by Crippen LogP contribution is -2.45. The fraction of sp³-hybridized carbons (Fsp3) is 0.600. The normalized spacial score (nSPS) is 16.0. The second-order valence-corrected chi connectivity index (χ2v) is 8.92. The van der Waals surface area contributed by atoms with Crippen LogP contribution in [-0.2, 0) is 9.59 Å². The van der Waals surface area contributed by atoms with Gasteiger partial charge in [0.1, 0.15) is 6.04 Å². The van der Waals surface area contributed by atoms with Crippen molar-refractivity contribution in [2.45, 2.75) is 45.6 Å². The molecule has 3 heterocycles. The molecule has 1 aliphatic heterocycles. The molecule has 1 fully saturated rings. The maximum Gasteiger partial charge on any atom is 0.245 e. The molecule has 2 aromatic rings. The van der Waals surface area contributed by atoms with Crippen molar-refractivity contribution < 1.29 is 9.59 Å². The van der Waals surface area contributed by atoms with Crippen LogP contribution in [0.3, 0.4) is 0 Å². The summed E-state index contributed by atoms with van der Waals surface area (Å²) in [4.78, 5) is 30.4. The minimum atomic E-state index is -0.446. The first-order valence-electron chi connectivity index (χ1n) is 10.2. The molecule has 1 N–H and O–H groups in total. The number of amides is 2. The molecule has 2 aromatic heterocycles. The average Bonchev–Trinajstić information content (AvgIpc) is 3.40. The lowest BCUT2D eigenvalue weighted by molar-refractivity contribution is -0.141. The summed E-state index contributed by atoms with van der Waals surface area (Å²) >= 11 is 6.95. The van der Waals surface area contributed by atoms with Gasteiger partial charge in [-0.2, -0.15) is 5.10 Å². The van der Waals surface area contributed by atoms with E-state index in [-0.39, 0.29) is 17.7 Å². The molecule has 0 aliphatic carbocycles. The van der Waals surface area contributed by atoms with Gasteiger partial charge in [-0.15, -0.1) is 11.3 Å². The molecule has 1 unspecified atom stereocenters. The number of aromatic amines is 1. The van der Waals surface area contributed by atoms with E-state index in [1.54, 1.807) is 15.9 Å². The number of hydrogen-bond donors (Lipinski definition) is 1. The van der Waals surface area contributed by atoms with Crippen molar-refractivity contribution in [3.63, 3.8) is 0 Å². The van der Waals surface area contributed by atoms with Crippen LogP contribution in [0.15, 0.2) is 17.5 Å². The number of likely N-dealkylation sites (tertiary alicyclic amines) is 1. The Morgan fingerprint density at radius 2 is 2.14 bits per heavy atom. The summed E-state index contributed by atoms with van der Waals surface area (Å²) in [6, 6.07) is 3.47. The van der Waals surface area contributed by atoms with Crippen LogP contribution in [0.25, 0.3) is 10.7 Å². The molecule has 0 saturated carbocycles. The van der Waals surface area contributed by atoms with E-state index >= 15 is 0 Å². The van der Waals surface area contributed by atoms with Crippen molar-refractivity contribution in [1.82, 2.24) is 24.6 Å². The minimum absolute atomic E-state index is 0.00832. The number of aromatic nitrogens is 3. The predicted molar refractivity (Wildman–Crippen MR) is 117 cm³/mol. The maximum absolute atomic E-state index is 13.1. The smallest absolute Gasteiger partial charge is 0.245 e. The van der Waals surface area contributed by atoms with Crippen molar-refractivity contribution in [2.75, 3.05) is 26.7 Å². The van der Waals surface area contributed by atoms with Crippen molar-refractivity contribution >= 4 is 35.4 Å². The highest BCUT2D eigenvalue weighted by atomic mass is 32.1. The van der Waals surface area contributed by atoms with E-state index in [4.69, 9.17) is 12.2 Å². The number of unbranched alkanes of at least 4 members (excludes halogenated alkanes) is 1. The van der Waals surface area contributed by atoms with Gasteiger partial charge in [-0.05, 0) is 49.9 Å². The number of piperidine rings is 1. The second kappa shape index (κ2) is 9.67. The molecular formula is C20H29N5O2S2. The summed E-state index contributed by atoms with van der Waals surface area (Å²) in [5.41, 5.74) is 0. The lowest BCUT2D eigenvalue weighted by Gasteiger charge is -2.34. The Morgan fingerprint density at radius 3 is 2.76 bits per heavy atom. The van der Waals surface area contributed by atoms with Crippen LogP contribution >= 0.6 is 23.6 Å². The summed E-state index contributed by atoms with van der Waals surface area (Å²) < 4.78 is 2.23. The van der Waals surface area contributed by atoms with E-state index in [9.17, 15) is 9.59 Å². The summed E-state index contributed by atoms with van der Waals surface area (Å²) in [5.74, 6) is 0.920. The van der Waals surface area contributed by atoms with Crippen LogP contribution in [0.5, 0.6) is 0 Å². The molecule has 158 valence electrons. The van der Waals surface area contributed by atoms with E-state index in [1.165, 1.54) is 0 Å². The Morgan fingerprint density at radius 1 is 1.41 bits per heavy atom. The Hall–Kier alpha value is -2.00. The van der Waals surface area contributed by atoms with Gasteiger partial charge in [-0.25, -0.2) is 0 Å². The zero-order valence-electron chi connectivity index (χ0n) is 17.3. The SMILES string of the molecule is CCCCN(C)C(=O)C1CCN(C(=O)C(C)n2c(-c3cccs3)n[nH]c2=S)CC1. The van der Waals surface area contributed by atoms with Gasteiger partial charge in [0.05, 0.1) is 4.88 Å². The first-order valence-corrected chi connectivity index (χ1v) is 11.5. The van der Waals surface area contributed by atoms with Gasteiger partial charge in [-0.3, -0.25) is 19.3 Å². The van der Waals surface area contributed by atoms with Crippen LogP contribution in [-0.4, -0.2) is 63.1 Å².